The second-order valence-electron chi connectivity index (χ2n) is 6.01. The average molecular weight is 482 g/mol. The van der Waals surface area contributed by atoms with E-state index in [9.17, 15) is 4.79 Å². The summed E-state index contributed by atoms with van der Waals surface area (Å²) in [4.78, 5) is 13.2. The van der Waals surface area contributed by atoms with Crippen LogP contribution in [0.15, 0.2) is 94.0 Å². The molecule has 0 spiro atoms. The molecule has 0 N–H and O–H groups in total. The largest absolute Gasteiger partial charge is 0.288 e. The minimum absolute atomic E-state index is 0.0531. The van der Waals surface area contributed by atoms with E-state index in [0.717, 1.165) is 20.2 Å². The van der Waals surface area contributed by atoms with Crippen LogP contribution in [0.25, 0.3) is 16.9 Å². The summed E-state index contributed by atoms with van der Waals surface area (Å²) in [5, 5.41) is 4.72. The lowest BCUT2D eigenvalue weighted by atomic mass is 10.0. The van der Waals surface area contributed by atoms with Crippen molar-refractivity contribution in [1.82, 2.24) is 9.78 Å². The molecule has 132 valence electrons. The van der Waals surface area contributed by atoms with Gasteiger partial charge in [-0.2, -0.15) is 5.10 Å². The zero-order valence-corrected chi connectivity index (χ0v) is 17.3. The first-order chi connectivity index (χ1) is 13.1. The highest BCUT2D eigenvalue weighted by atomic mass is 79.9. The standard InChI is InChI=1S/C22H14Br2N2O/c23-17-10-6-15(7-11-17)21-20(22(27)16-8-12-18(24)13-9-16)14-26(25-21)19-4-2-1-3-5-19/h1-14H. The van der Waals surface area contributed by atoms with Gasteiger partial charge in [0.2, 0.25) is 0 Å². The number of carbonyl (C=O) groups is 1. The van der Waals surface area contributed by atoms with Gasteiger partial charge in [0.1, 0.15) is 5.69 Å². The highest BCUT2D eigenvalue weighted by Gasteiger charge is 2.20. The molecule has 0 amide bonds. The van der Waals surface area contributed by atoms with Crippen LogP contribution in [-0.4, -0.2) is 15.6 Å². The van der Waals surface area contributed by atoms with Gasteiger partial charge in [-0.3, -0.25) is 4.79 Å². The molecule has 0 saturated heterocycles. The summed E-state index contributed by atoms with van der Waals surface area (Å²) in [6, 6.07) is 25.0. The number of benzene rings is 3. The lowest BCUT2D eigenvalue weighted by molar-refractivity contribution is 0.103. The predicted molar refractivity (Wildman–Crippen MR) is 114 cm³/mol. The average Bonchev–Trinajstić information content (AvgIpc) is 3.15. The maximum Gasteiger partial charge on any atom is 0.196 e. The molecule has 4 rings (SSSR count). The molecule has 0 aliphatic rings. The van der Waals surface area contributed by atoms with Gasteiger partial charge in [0, 0.05) is 26.3 Å². The fraction of sp³-hybridized carbons (Fsp3) is 0. The summed E-state index contributed by atoms with van der Waals surface area (Å²) in [7, 11) is 0. The number of ketones is 1. The van der Waals surface area contributed by atoms with Crippen molar-refractivity contribution in [2.45, 2.75) is 0 Å². The molecule has 1 heterocycles. The van der Waals surface area contributed by atoms with Crippen molar-refractivity contribution in [2.75, 3.05) is 0 Å². The lowest BCUT2D eigenvalue weighted by Crippen LogP contribution is -2.01. The number of hydrogen-bond acceptors (Lipinski definition) is 2. The number of nitrogens with zero attached hydrogens (tertiary/aromatic N) is 2. The summed E-state index contributed by atoms with van der Waals surface area (Å²) in [5.41, 5.74) is 3.67. The van der Waals surface area contributed by atoms with Gasteiger partial charge in [0.25, 0.3) is 0 Å². The predicted octanol–water partition coefficient (Wildman–Crippen LogP) is 6.30. The van der Waals surface area contributed by atoms with Crippen molar-refractivity contribution in [3.8, 4) is 16.9 Å². The normalized spacial score (nSPS) is 10.7. The van der Waals surface area contributed by atoms with Crippen LogP contribution in [0, 0.1) is 0 Å². The summed E-state index contributed by atoms with van der Waals surface area (Å²) in [5.74, 6) is -0.0531. The Morgan fingerprint density at radius 2 is 1.37 bits per heavy atom. The maximum absolute atomic E-state index is 13.2. The number of aromatic nitrogens is 2. The van der Waals surface area contributed by atoms with E-state index in [1.807, 2.05) is 78.9 Å². The highest BCUT2D eigenvalue weighted by Crippen LogP contribution is 2.27. The zero-order chi connectivity index (χ0) is 18.8. The zero-order valence-electron chi connectivity index (χ0n) is 14.1. The topological polar surface area (TPSA) is 34.9 Å². The van der Waals surface area contributed by atoms with Crippen molar-refractivity contribution in [2.24, 2.45) is 0 Å². The second-order valence-corrected chi connectivity index (χ2v) is 7.85. The van der Waals surface area contributed by atoms with Crippen LogP contribution in [0.3, 0.4) is 0 Å². The van der Waals surface area contributed by atoms with E-state index in [1.54, 1.807) is 10.9 Å². The van der Waals surface area contributed by atoms with Crippen molar-refractivity contribution in [3.05, 3.63) is 105 Å². The Morgan fingerprint density at radius 3 is 2.00 bits per heavy atom. The van der Waals surface area contributed by atoms with E-state index in [0.29, 0.717) is 16.8 Å². The summed E-state index contributed by atoms with van der Waals surface area (Å²) in [6.45, 7) is 0. The van der Waals surface area contributed by atoms with Crippen LogP contribution in [-0.2, 0) is 0 Å². The van der Waals surface area contributed by atoms with Crippen LogP contribution >= 0.6 is 31.9 Å². The van der Waals surface area contributed by atoms with Crippen LogP contribution in [0.5, 0.6) is 0 Å². The molecule has 1 aromatic heterocycles. The van der Waals surface area contributed by atoms with E-state index in [2.05, 4.69) is 31.9 Å². The molecule has 0 fully saturated rings. The highest BCUT2D eigenvalue weighted by molar-refractivity contribution is 9.10. The van der Waals surface area contributed by atoms with Gasteiger partial charge in [-0.1, -0.05) is 62.2 Å². The van der Waals surface area contributed by atoms with E-state index in [1.165, 1.54) is 0 Å². The van der Waals surface area contributed by atoms with E-state index < -0.39 is 0 Å². The lowest BCUT2D eigenvalue weighted by Gasteiger charge is -2.03. The molecule has 27 heavy (non-hydrogen) atoms. The first-order valence-corrected chi connectivity index (χ1v) is 9.92. The van der Waals surface area contributed by atoms with Crippen molar-refractivity contribution < 1.29 is 4.79 Å². The van der Waals surface area contributed by atoms with Crippen molar-refractivity contribution in [3.63, 3.8) is 0 Å². The van der Waals surface area contributed by atoms with Gasteiger partial charge in [-0.25, -0.2) is 4.68 Å². The van der Waals surface area contributed by atoms with Crippen LogP contribution in [0.1, 0.15) is 15.9 Å². The van der Waals surface area contributed by atoms with Crippen molar-refractivity contribution >= 4 is 37.6 Å². The first-order valence-electron chi connectivity index (χ1n) is 8.33. The summed E-state index contributed by atoms with van der Waals surface area (Å²) >= 11 is 6.87. The Kier molecular flexibility index (Phi) is 5.05. The quantitative estimate of drug-likeness (QED) is 0.321. The molecule has 0 unspecified atom stereocenters. The molecule has 0 aliphatic heterocycles. The van der Waals surface area contributed by atoms with Crippen LogP contribution in [0.2, 0.25) is 0 Å². The Balaban J connectivity index is 1.85. The van der Waals surface area contributed by atoms with Gasteiger partial charge >= 0.3 is 0 Å². The molecule has 0 radical (unpaired) electrons. The molecule has 0 saturated carbocycles. The minimum Gasteiger partial charge on any atom is -0.288 e. The second kappa shape index (κ2) is 7.62. The number of halogens is 2. The molecule has 3 aromatic carbocycles. The van der Waals surface area contributed by atoms with E-state index in [4.69, 9.17) is 5.10 Å². The molecular formula is C22H14Br2N2O. The Hall–Kier alpha value is -2.50. The van der Waals surface area contributed by atoms with Gasteiger partial charge in [0.05, 0.1) is 11.3 Å². The van der Waals surface area contributed by atoms with Gasteiger partial charge in [-0.05, 0) is 48.5 Å². The monoisotopic (exact) mass is 480 g/mol. The third-order valence-corrected chi connectivity index (χ3v) is 5.26. The Labute approximate surface area is 173 Å². The molecular weight excluding hydrogens is 468 g/mol. The van der Waals surface area contributed by atoms with Crippen molar-refractivity contribution in [1.29, 1.82) is 0 Å². The number of carbonyl (C=O) groups excluding carboxylic acids is 1. The van der Waals surface area contributed by atoms with Crippen LogP contribution in [0.4, 0.5) is 0 Å². The molecule has 0 atom stereocenters. The minimum atomic E-state index is -0.0531. The third kappa shape index (κ3) is 3.80. The van der Waals surface area contributed by atoms with Gasteiger partial charge in [-0.15, -0.1) is 0 Å². The summed E-state index contributed by atoms with van der Waals surface area (Å²) < 4.78 is 3.67. The first kappa shape index (κ1) is 17.9. The third-order valence-electron chi connectivity index (χ3n) is 4.20. The molecule has 0 bridgehead atoms. The molecule has 5 heteroatoms. The molecule has 3 nitrogen and oxygen atoms in total. The smallest absolute Gasteiger partial charge is 0.196 e. The Morgan fingerprint density at radius 1 is 0.778 bits per heavy atom. The fourth-order valence-corrected chi connectivity index (χ4v) is 3.36. The number of para-hydroxylation sites is 1. The molecule has 0 aliphatic carbocycles. The maximum atomic E-state index is 13.2. The number of rotatable bonds is 4. The van der Waals surface area contributed by atoms with E-state index >= 15 is 0 Å². The van der Waals surface area contributed by atoms with Gasteiger partial charge < -0.3 is 0 Å². The van der Waals surface area contributed by atoms with Gasteiger partial charge in [0.15, 0.2) is 5.78 Å². The van der Waals surface area contributed by atoms with E-state index in [-0.39, 0.29) is 5.78 Å². The Bertz CT molecular complexity index is 1090. The van der Waals surface area contributed by atoms with Crippen LogP contribution < -0.4 is 0 Å². The molecule has 4 aromatic rings. The summed E-state index contributed by atoms with van der Waals surface area (Å²) in [6.07, 6.45) is 1.80. The number of hydrogen-bond donors (Lipinski definition) is 0. The SMILES string of the molecule is O=C(c1ccc(Br)cc1)c1cn(-c2ccccc2)nc1-c1ccc(Br)cc1. The fourth-order valence-electron chi connectivity index (χ4n) is 2.83.